The first-order chi connectivity index (χ1) is 8.84. The molecule has 19 heavy (non-hydrogen) atoms. The summed E-state index contributed by atoms with van der Waals surface area (Å²) in [5.41, 5.74) is 0.810. The smallest absolute Gasteiger partial charge is 0.325 e. The maximum atomic E-state index is 11.9. The van der Waals surface area contributed by atoms with Gasteiger partial charge >= 0.3 is 12.0 Å². The Kier molecular flexibility index (Phi) is 5.18. The highest BCUT2D eigenvalue weighted by Crippen LogP contribution is 2.26. The minimum Gasteiger partial charge on any atom is -0.480 e. The SMILES string of the molecule is CC(NC(=O)N(C)C(C)c1ccccc1Cl)C(=O)O. The third kappa shape index (κ3) is 3.86. The largest absolute Gasteiger partial charge is 0.480 e. The quantitative estimate of drug-likeness (QED) is 0.892. The molecule has 1 aromatic carbocycles. The van der Waals surface area contributed by atoms with Crippen molar-refractivity contribution in [1.82, 2.24) is 10.2 Å². The molecule has 0 aliphatic carbocycles. The van der Waals surface area contributed by atoms with Crippen molar-refractivity contribution in [1.29, 1.82) is 0 Å². The first kappa shape index (κ1) is 15.3. The van der Waals surface area contributed by atoms with E-state index in [2.05, 4.69) is 5.32 Å². The topological polar surface area (TPSA) is 69.6 Å². The molecular formula is C13H17ClN2O3. The normalized spacial score (nSPS) is 13.5. The third-order valence-corrected chi connectivity index (χ3v) is 3.31. The monoisotopic (exact) mass is 284 g/mol. The number of benzene rings is 1. The molecule has 0 aliphatic rings. The van der Waals surface area contributed by atoms with Crippen LogP contribution in [0.3, 0.4) is 0 Å². The van der Waals surface area contributed by atoms with E-state index in [1.807, 2.05) is 25.1 Å². The van der Waals surface area contributed by atoms with Gasteiger partial charge in [-0.15, -0.1) is 0 Å². The molecule has 104 valence electrons. The van der Waals surface area contributed by atoms with E-state index in [4.69, 9.17) is 16.7 Å². The van der Waals surface area contributed by atoms with E-state index >= 15 is 0 Å². The number of carboxylic acids is 1. The van der Waals surface area contributed by atoms with Gasteiger partial charge in [0.2, 0.25) is 0 Å². The number of urea groups is 1. The Balaban J connectivity index is 2.77. The molecule has 2 amide bonds. The fourth-order valence-electron chi connectivity index (χ4n) is 1.55. The molecule has 1 rings (SSSR count). The van der Waals surface area contributed by atoms with Gasteiger partial charge in [-0.3, -0.25) is 4.79 Å². The molecule has 2 atom stereocenters. The molecule has 0 aliphatic heterocycles. The van der Waals surface area contributed by atoms with Gasteiger partial charge in [-0.2, -0.15) is 0 Å². The van der Waals surface area contributed by atoms with Crippen molar-refractivity contribution >= 4 is 23.6 Å². The van der Waals surface area contributed by atoms with E-state index in [0.29, 0.717) is 5.02 Å². The summed E-state index contributed by atoms with van der Waals surface area (Å²) in [6.45, 7) is 3.24. The molecule has 1 aromatic rings. The van der Waals surface area contributed by atoms with E-state index in [1.165, 1.54) is 11.8 Å². The van der Waals surface area contributed by atoms with Crippen molar-refractivity contribution < 1.29 is 14.7 Å². The Morgan fingerprint density at radius 1 is 1.32 bits per heavy atom. The second-order valence-corrected chi connectivity index (χ2v) is 4.73. The minimum atomic E-state index is -1.08. The number of halogens is 1. The predicted octanol–water partition coefficient (Wildman–Crippen LogP) is 2.52. The highest BCUT2D eigenvalue weighted by molar-refractivity contribution is 6.31. The molecule has 0 fully saturated rings. The first-order valence-corrected chi connectivity index (χ1v) is 6.23. The van der Waals surface area contributed by atoms with Crippen LogP contribution in [-0.4, -0.2) is 35.1 Å². The Morgan fingerprint density at radius 3 is 2.42 bits per heavy atom. The molecule has 0 saturated heterocycles. The molecular weight excluding hydrogens is 268 g/mol. The van der Waals surface area contributed by atoms with Gasteiger partial charge < -0.3 is 15.3 Å². The summed E-state index contributed by atoms with van der Waals surface area (Å²) in [5, 5.41) is 11.7. The minimum absolute atomic E-state index is 0.255. The van der Waals surface area contributed by atoms with Crippen LogP contribution >= 0.6 is 11.6 Å². The number of carbonyl (C=O) groups is 2. The zero-order chi connectivity index (χ0) is 14.6. The van der Waals surface area contributed by atoms with Crippen LogP contribution in [0.2, 0.25) is 5.02 Å². The average molecular weight is 285 g/mol. The van der Waals surface area contributed by atoms with Crippen LogP contribution in [0, 0.1) is 0 Å². The Labute approximate surface area is 117 Å². The molecule has 0 heterocycles. The van der Waals surface area contributed by atoms with Gasteiger partial charge in [0.25, 0.3) is 0 Å². The molecule has 0 bridgehead atoms. The molecule has 0 radical (unpaired) electrons. The molecule has 6 heteroatoms. The number of carbonyl (C=O) groups excluding carboxylic acids is 1. The van der Waals surface area contributed by atoms with Gasteiger partial charge in [0, 0.05) is 12.1 Å². The lowest BCUT2D eigenvalue weighted by Crippen LogP contribution is -2.45. The van der Waals surface area contributed by atoms with Crippen molar-refractivity contribution in [3.63, 3.8) is 0 Å². The van der Waals surface area contributed by atoms with Crippen LogP contribution in [0.5, 0.6) is 0 Å². The van der Waals surface area contributed by atoms with E-state index in [9.17, 15) is 9.59 Å². The standard InChI is InChI=1S/C13H17ClN2O3/c1-8(12(17)18)15-13(19)16(3)9(2)10-6-4-5-7-11(10)14/h4-9H,1-3H3,(H,15,19)(H,17,18). The van der Waals surface area contributed by atoms with Gasteiger partial charge in [-0.05, 0) is 25.5 Å². The summed E-state index contributed by atoms with van der Waals surface area (Å²) in [4.78, 5) is 24.0. The lowest BCUT2D eigenvalue weighted by molar-refractivity contribution is -0.138. The Bertz CT molecular complexity index is 479. The van der Waals surface area contributed by atoms with Gasteiger partial charge in [0.15, 0.2) is 0 Å². The summed E-state index contributed by atoms with van der Waals surface area (Å²) in [6.07, 6.45) is 0. The van der Waals surface area contributed by atoms with Crippen molar-refractivity contribution in [3.05, 3.63) is 34.9 Å². The second kappa shape index (κ2) is 6.43. The predicted molar refractivity (Wildman–Crippen MR) is 73.3 cm³/mol. The highest BCUT2D eigenvalue weighted by Gasteiger charge is 2.22. The van der Waals surface area contributed by atoms with Crippen LogP contribution in [0.4, 0.5) is 4.79 Å². The summed E-state index contributed by atoms with van der Waals surface area (Å²) in [6, 6.07) is 5.58. The molecule has 0 spiro atoms. The van der Waals surface area contributed by atoms with E-state index in [-0.39, 0.29) is 6.04 Å². The number of carboxylic acid groups (broad SMARTS) is 1. The van der Waals surface area contributed by atoms with E-state index < -0.39 is 18.0 Å². The van der Waals surface area contributed by atoms with Gasteiger partial charge in [-0.1, -0.05) is 29.8 Å². The number of nitrogens with zero attached hydrogens (tertiary/aromatic N) is 1. The lowest BCUT2D eigenvalue weighted by atomic mass is 10.1. The highest BCUT2D eigenvalue weighted by atomic mass is 35.5. The van der Waals surface area contributed by atoms with Crippen molar-refractivity contribution in [2.24, 2.45) is 0 Å². The maximum Gasteiger partial charge on any atom is 0.325 e. The van der Waals surface area contributed by atoms with Gasteiger partial charge in [-0.25, -0.2) is 4.79 Å². The Hall–Kier alpha value is -1.75. The fraction of sp³-hybridized carbons (Fsp3) is 0.385. The lowest BCUT2D eigenvalue weighted by Gasteiger charge is -2.27. The van der Waals surface area contributed by atoms with Crippen molar-refractivity contribution in [2.45, 2.75) is 25.9 Å². The van der Waals surface area contributed by atoms with Crippen molar-refractivity contribution in [3.8, 4) is 0 Å². The van der Waals surface area contributed by atoms with Crippen LogP contribution in [0.25, 0.3) is 0 Å². The fourth-order valence-corrected chi connectivity index (χ4v) is 1.84. The molecule has 0 aromatic heterocycles. The number of rotatable bonds is 4. The average Bonchev–Trinajstić information content (AvgIpc) is 2.37. The van der Waals surface area contributed by atoms with Gasteiger partial charge in [0.1, 0.15) is 6.04 Å². The number of hydrogen-bond acceptors (Lipinski definition) is 2. The summed E-state index contributed by atoms with van der Waals surface area (Å²) in [5.74, 6) is -1.08. The van der Waals surface area contributed by atoms with Gasteiger partial charge in [0.05, 0.1) is 6.04 Å². The third-order valence-electron chi connectivity index (χ3n) is 2.97. The molecule has 0 saturated carbocycles. The van der Waals surface area contributed by atoms with Crippen LogP contribution in [0.1, 0.15) is 25.5 Å². The Morgan fingerprint density at radius 2 is 1.89 bits per heavy atom. The summed E-state index contributed by atoms with van der Waals surface area (Å²) in [7, 11) is 1.60. The first-order valence-electron chi connectivity index (χ1n) is 5.85. The summed E-state index contributed by atoms with van der Waals surface area (Å²) >= 11 is 6.07. The van der Waals surface area contributed by atoms with E-state index in [0.717, 1.165) is 5.56 Å². The zero-order valence-corrected chi connectivity index (χ0v) is 11.8. The van der Waals surface area contributed by atoms with E-state index in [1.54, 1.807) is 13.1 Å². The number of amides is 2. The molecule has 5 nitrogen and oxygen atoms in total. The summed E-state index contributed by atoms with van der Waals surface area (Å²) < 4.78 is 0. The molecule has 2 unspecified atom stereocenters. The molecule has 2 N–H and O–H groups in total. The van der Waals surface area contributed by atoms with Crippen LogP contribution < -0.4 is 5.32 Å². The van der Waals surface area contributed by atoms with Crippen LogP contribution in [-0.2, 0) is 4.79 Å². The number of hydrogen-bond donors (Lipinski definition) is 2. The second-order valence-electron chi connectivity index (χ2n) is 4.32. The van der Waals surface area contributed by atoms with Crippen molar-refractivity contribution in [2.75, 3.05) is 7.05 Å². The number of aliphatic carboxylic acids is 1. The zero-order valence-electron chi connectivity index (χ0n) is 11.1. The number of nitrogens with one attached hydrogen (secondary N) is 1. The van der Waals surface area contributed by atoms with Crippen LogP contribution in [0.15, 0.2) is 24.3 Å². The maximum absolute atomic E-state index is 11.9.